The summed E-state index contributed by atoms with van der Waals surface area (Å²) < 4.78 is 5.18. The summed E-state index contributed by atoms with van der Waals surface area (Å²) in [5.41, 5.74) is 0.403. The Labute approximate surface area is 74.1 Å². The van der Waals surface area contributed by atoms with Crippen molar-refractivity contribution in [3.8, 4) is 0 Å². The summed E-state index contributed by atoms with van der Waals surface area (Å²) >= 11 is 6.00. The van der Waals surface area contributed by atoms with Gasteiger partial charge < -0.3 is 4.74 Å². The third-order valence-corrected chi connectivity index (χ3v) is 3.05. The van der Waals surface area contributed by atoms with Gasteiger partial charge in [0.05, 0.1) is 6.61 Å². The Kier molecular flexibility index (Phi) is 3.20. The molecule has 1 fully saturated rings. The lowest BCUT2D eigenvalue weighted by molar-refractivity contribution is 0.0638. The van der Waals surface area contributed by atoms with Crippen LogP contribution in [0.3, 0.4) is 0 Å². The van der Waals surface area contributed by atoms with Crippen molar-refractivity contribution in [1.82, 2.24) is 0 Å². The molecule has 0 aromatic carbocycles. The second-order valence-electron chi connectivity index (χ2n) is 3.92. The number of halogens is 1. The van der Waals surface area contributed by atoms with E-state index in [1.807, 2.05) is 0 Å². The minimum Gasteiger partial charge on any atom is -0.384 e. The van der Waals surface area contributed by atoms with E-state index >= 15 is 0 Å². The van der Waals surface area contributed by atoms with Crippen molar-refractivity contribution in [3.63, 3.8) is 0 Å². The summed E-state index contributed by atoms with van der Waals surface area (Å²) in [5, 5.41) is 0.417. The molecule has 0 aliphatic heterocycles. The monoisotopic (exact) mass is 176 g/mol. The van der Waals surface area contributed by atoms with Gasteiger partial charge >= 0.3 is 0 Å². The van der Waals surface area contributed by atoms with E-state index in [2.05, 4.69) is 6.92 Å². The molecular formula is C9H17ClO. The summed E-state index contributed by atoms with van der Waals surface area (Å²) in [7, 11) is 1.78. The lowest BCUT2D eigenvalue weighted by atomic mass is 9.76. The molecule has 0 aromatic rings. The van der Waals surface area contributed by atoms with Gasteiger partial charge in [0.25, 0.3) is 0 Å². The summed E-state index contributed by atoms with van der Waals surface area (Å²) in [6.45, 7) is 3.18. The maximum atomic E-state index is 6.00. The fourth-order valence-electron chi connectivity index (χ4n) is 1.77. The highest BCUT2D eigenvalue weighted by molar-refractivity contribution is 6.20. The molecule has 0 atom stereocenters. The summed E-state index contributed by atoms with van der Waals surface area (Å²) in [6, 6.07) is 0. The predicted molar refractivity (Wildman–Crippen MR) is 48.1 cm³/mol. The van der Waals surface area contributed by atoms with Crippen LogP contribution in [-0.2, 0) is 4.74 Å². The van der Waals surface area contributed by atoms with E-state index in [-0.39, 0.29) is 0 Å². The summed E-state index contributed by atoms with van der Waals surface area (Å²) in [4.78, 5) is 0. The Morgan fingerprint density at radius 2 is 2.00 bits per heavy atom. The molecule has 0 N–H and O–H groups in total. The molecule has 2 heteroatoms. The molecule has 0 amide bonds. The topological polar surface area (TPSA) is 9.23 Å². The predicted octanol–water partition coefficient (Wildman–Crippen LogP) is 2.82. The minimum absolute atomic E-state index is 0.403. The van der Waals surface area contributed by atoms with Gasteiger partial charge in [-0.1, -0.05) is 6.92 Å². The van der Waals surface area contributed by atoms with Crippen molar-refractivity contribution in [2.24, 2.45) is 5.41 Å². The zero-order valence-electron chi connectivity index (χ0n) is 7.40. The van der Waals surface area contributed by atoms with Crippen molar-refractivity contribution in [1.29, 1.82) is 0 Å². The smallest absolute Gasteiger partial charge is 0.0516 e. The maximum Gasteiger partial charge on any atom is 0.0516 e. The van der Waals surface area contributed by atoms with Gasteiger partial charge in [-0.25, -0.2) is 0 Å². The van der Waals surface area contributed by atoms with E-state index in [9.17, 15) is 0 Å². The van der Waals surface area contributed by atoms with Crippen LogP contribution >= 0.6 is 11.6 Å². The molecule has 1 saturated carbocycles. The van der Waals surface area contributed by atoms with E-state index < -0.39 is 0 Å². The first-order chi connectivity index (χ1) is 5.16. The molecular weight excluding hydrogens is 160 g/mol. The van der Waals surface area contributed by atoms with Crippen molar-refractivity contribution in [2.75, 3.05) is 13.7 Å². The zero-order chi connectivity index (χ0) is 8.32. The molecule has 1 aliphatic rings. The largest absolute Gasteiger partial charge is 0.384 e. The Morgan fingerprint density at radius 3 is 2.45 bits per heavy atom. The molecule has 1 aliphatic carbocycles. The van der Waals surface area contributed by atoms with Crippen molar-refractivity contribution in [3.05, 3.63) is 0 Å². The standard InChI is InChI=1S/C9H17ClO/c1-9(7-11-2)5-3-8(10)4-6-9/h8H,3-7H2,1-2H3. The fourth-order valence-corrected chi connectivity index (χ4v) is 1.99. The van der Waals surface area contributed by atoms with Gasteiger partial charge in [-0.2, -0.15) is 0 Å². The van der Waals surface area contributed by atoms with Crippen LogP contribution in [0.5, 0.6) is 0 Å². The molecule has 66 valence electrons. The van der Waals surface area contributed by atoms with Crippen LogP contribution in [0.25, 0.3) is 0 Å². The van der Waals surface area contributed by atoms with Crippen LogP contribution < -0.4 is 0 Å². The molecule has 0 radical (unpaired) electrons. The molecule has 0 spiro atoms. The minimum atomic E-state index is 0.403. The maximum absolute atomic E-state index is 6.00. The van der Waals surface area contributed by atoms with Gasteiger partial charge in [0.2, 0.25) is 0 Å². The SMILES string of the molecule is COCC1(C)CCC(Cl)CC1. The molecule has 0 unspecified atom stereocenters. The molecule has 11 heavy (non-hydrogen) atoms. The number of rotatable bonds is 2. The Bertz CT molecular complexity index is 117. The molecule has 0 aromatic heterocycles. The third-order valence-electron chi connectivity index (χ3n) is 2.62. The number of hydrogen-bond acceptors (Lipinski definition) is 1. The van der Waals surface area contributed by atoms with E-state index in [4.69, 9.17) is 16.3 Å². The van der Waals surface area contributed by atoms with Gasteiger partial charge in [-0.15, -0.1) is 11.6 Å². The van der Waals surface area contributed by atoms with Crippen molar-refractivity contribution in [2.45, 2.75) is 38.0 Å². The molecule has 1 nitrogen and oxygen atoms in total. The highest BCUT2D eigenvalue weighted by Gasteiger charge is 2.29. The third kappa shape index (κ3) is 2.64. The number of alkyl halides is 1. The Hall–Kier alpha value is 0.250. The molecule has 0 heterocycles. The van der Waals surface area contributed by atoms with E-state index in [1.165, 1.54) is 12.8 Å². The normalized spacial score (nSPS) is 39.0. The lowest BCUT2D eigenvalue weighted by Crippen LogP contribution is -2.28. The van der Waals surface area contributed by atoms with Crippen molar-refractivity contribution < 1.29 is 4.74 Å². The highest BCUT2D eigenvalue weighted by Crippen LogP contribution is 2.37. The van der Waals surface area contributed by atoms with Gasteiger partial charge in [0.15, 0.2) is 0 Å². The molecule has 0 bridgehead atoms. The van der Waals surface area contributed by atoms with Gasteiger partial charge in [0.1, 0.15) is 0 Å². The zero-order valence-corrected chi connectivity index (χ0v) is 8.16. The second kappa shape index (κ2) is 3.77. The number of hydrogen-bond donors (Lipinski definition) is 0. The van der Waals surface area contributed by atoms with E-state index in [1.54, 1.807) is 7.11 Å². The van der Waals surface area contributed by atoms with Crippen LogP contribution in [0.2, 0.25) is 0 Å². The number of ether oxygens (including phenoxy) is 1. The van der Waals surface area contributed by atoms with Gasteiger partial charge in [-0.05, 0) is 31.1 Å². The quantitative estimate of drug-likeness (QED) is 0.588. The summed E-state index contributed by atoms with van der Waals surface area (Å²) in [5.74, 6) is 0. The lowest BCUT2D eigenvalue weighted by Gasteiger charge is -2.34. The van der Waals surface area contributed by atoms with Crippen LogP contribution in [0, 0.1) is 5.41 Å². The van der Waals surface area contributed by atoms with Crippen molar-refractivity contribution >= 4 is 11.6 Å². The first-order valence-electron chi connectivity index (χ1n) is 4.29. The van der Waals surface area contributed by atoms with E-state index in [0.717, 1.165) is 19.4 Å². The first-order valence-corrected chi connectivity index (χ1v) is 4.73. The van der Waals surface area contributed by atoms with Gasteiger partial charge in [0, 0.05) is 12.5 Å². The van der Waals surface area contributed by atoms with Crippen LogP contribution in [0.4, 0.5) is 0 Å². The van der Waals surface area contributed by atoms with Crippen LogP contribution in [0.15, 0.2) is 0 Å². The number of methoxy groups -OCH3 is 1. The average Bonchev–Trinajstić information content (AvgIpc) is 1.97. The van der Waals surface area contributed by atoms with Gasteiger partial charge in [-0.3, -0.25) is 0 Å². The highest BCUT2D eigenvalue weighted by atomic mass is 35.5. The Morgan fingerprint density at radius 1 is 1.45 bits per heavy atom. The van der Waals surface area contributed by atoms with Crippen LogP contribution in [0.1, 0.15) is 32.6 Å². The Balaban J connectivity index is 2.35. The summed E-state index contributed by atoms with van der Waals surface area (Å²) in [6.07, 6.45) is 4.74. The van der Waals surface area contributed by atoms with Crippen LogP contribution in [-0.4, -0.2) is 19.1 Å². The first kappa shape index (κ1) is 9.34. The second-order valence-corrected chi connectivity index (χ2v) is 4.54. The average molecular weight is 177 g/mol. The fraction of sp³-hybridized carbons (Fsp3) is 1.00. The molecule has 1 rings (SSSR count). The van der Waals surface area contributed by atoms with E-state index in [0.29, 0.717) is 10.8 Å². The molecule has 0 saturated heterocycles.